The van der Waals surface area contributed by atoms with Gasteiger partial charge in [0.15, 0.2) is 6.61 Å². The molecule has 2 N–H and O–H groups in total. The van der Waals surface area contributed by atoms with Crippen molar-refractivity contribution in [3.8, 4) is 11.8 Å². The van der Waals surface area contributed by atoms with Crippen LogP contribution in [0.1, 0.15) is 27.3 Å². The van der Waals surface area contributed by atoms with Crippen LogP contribution in [0, 0.1) is 25.2 Å². The number of carbonyl (C=O) groups excluding carboxylic acids is 2. The van der Waals surface area contributed by atoms with Crippen LogP contribution >= 0.6 is 0 Å². The van der Waals surface area contributed by atoms with E-state index in [1.807, 2.05) is 6.07 Å². The van der Waals surface area contributed by atoms with E-state index in [1.165, 1.54) is 0 Å². The number of aromatic nitrogens is 2. The third-order valence-corrected chi connectivity index (χ3v) is 3.42. The minimum atomic E-state index is -0.546. The zero-order chi connectivity index (χ0) is 17.7. The summed E-state index contributed by atoms with van der Waals surface area (Å²) in [7, 11) is 1.73. The van der Waals surface area contributed by atoms with Crippen LogP contribution < -0.4 is 15.6 Å². The van der Waals surface area contributed by atoms with Gasteiger partial charge in [0.25, 0.3) is 11.8 Å². The van der Waals surface area contributed by atoms with Crippen LogP contribution in [0.15, 0.2) is 24.3 Å². The van der Waals surface area contributed by atoms with Gasteiger partial charge in [-0.2, -0.15) is 10.4 Å². The first-order valence-electron chi connectivity index (χ1n) is 7.15. The summed E-state index contributed by atoms with van der Waals surface area (Å²) < 4.78 is 6.87. The molecule has 0 atom stereocenters. The molecule has 124 valence electrons. The van der Waals surface area contributed by atoms with Crippen LogP contribution in [-0.4, -0.2) is 28.2 Å². The van der Waals surface area contributed by atoms with Crippen molar-refractivity contribution in [2.24, 2.45) is 7.05 Å². The monoisotopic (exact) mass is 327 g/mol. The molecule has 1 heterocycles. The van der Waals surface area contributed by atoms with Gasteiger partial charge in [0.1, 0.15) is 11.8 Å². The van der Waals surface area contributed by atoms with Crippen molar-refractivity contribution < 1.29 is 14.3 Å². The van der Waals surface area contributed by atoms with Crippen LogP contribution in [0.5, 0.6) is 5.75 Å². The van der Waals surface area contributed by atoms with Gasteiger partial charge in [-0.05, 0) is 26.0 Å². The molecule has 0 fully saturated rings. The average molecular weight is 327 g/mol. The second-order valence-electron chi connectivity index (χ2n) is 5.07. The first kappa shape index (κ1) is 17.0. The van der Waals surface area contributed by atoms with Gasteiger partial charge in [-0.15, -0.1) is 0 Å². The fourth-order valence-corrected chi connectivity index (χ4v) is 2.16. The number of benzene rings is 1. The van der Waals surface area contributed by atoms with Crippen LogP contribution in [0.3, 0.4) is 0 Å². The minimum absolute atomic E-state index is 0.306. The Morgan fingerprint density at radius 1 is 1.29 bits per heavy atom. The van der Waals surface area contributed by atoms with E-state index < -0.39 is 11.8 Å². The predicted octanol–water partition coefficient (Wildman–Crippen LogP) is 0.749. The molecule has 0 unspecified atom stereocenters. The number of amides is 2. The Bertz CT molecular complexity index is 820. The zero-order valence-corrected chi connectivity index (χ0v) is 13.6. The lowest BCUT2D eigenvalue weighted by atomic mass is 10.2. The number of ether oxygens (including phenoxy) is 1. The molecule has 0 saturated heterocycles. The quantitative estimate of drug-likeness (QED) is 0.805. The summed E-state index contributed by atoms with van der Waals surface area (Å²) in [4.78, 5) is 23.9. The molecule has 1 aromatic heterocycles. The molecule has 0 bridgehead atoms. The third kappa shape index (κ3) is 3.70. The number of hydrazine groups is 1. The van der Waals surface area contributed by atoms with Gasteiger partial charge in [0.05, 0.1) is 16.8 Å². The molecule has 8 nitrogen and oxygen atoms in total. The number of hydrogen-bond acceptors (Lipinski definition) is 5. The maximum atomic E-state index is 12.1. The summed E-state index contributed by atoms with van der Waals surface area (Å²) in [5.74, 6) is -0.695. The van der Waals surface area contributed by atoms with E-state index in [4.69, 9.17) is 10.00 Å². The number of aryl methyl sites for hydroxylation is 2. The number of carbonyl (C=O) groups is 2. The Hall–Kier alpha value is -3.34. The molecule has 8 heteroatoms. The molecule has 2 amide bonds. The number of nitriles is 1. The van der Waals surface area contributed by atoms with E-state index in [0.717, 1.165) is 0 Å². The number of nitrogens with zero attached hydrogens (tertiary/aromatic N) is 3. The van der Waals surface area contributed by atoms with Gasteiger partial charge < -0.3 is 4.74 Å². The molecular formula is C16H17N5O3. The van der Waals surface area contributed by atoms with Crippen molar-refractivity contribution >= 4 is 11.8 Å². The highest BCUT2D eigenvalue weighted by Crippen LogP contribution is 2.16. The van der Waals surface area contributed by atoms with Gasteiger partial charge in [0, 0.05) is 12.7 Å². The van der Waals surface area contributed by atoms with E-state index in [9.17, 15) is 9.59 Å². The van der Waals surface area contributed by atoms with E-state index in [0.29, 0.717) is 28.3 Å². The van der Waals surface area contributed by atoms with Gasteiger partial charge in [0.2, 0.25) is 0 Å². The standard InChI is InChI=1S/C16H17N5O3/c1-10-15(11(2)21(3)20-10)16(23)19-18-14(22)9-24-13-7-5-4-6-12(13)8-17/h4-7H,9H2,1-3H3,(H,18,22)(H,19,23). The highest BCUT2D eigenvalue weighted by molar-refractivity contribution is 5.97. The predicted molar refractivity (Wildman–Crippen MR) is 84.9 cm³/mol. The van der Waals surface area contributed by atoms with Crippen LogP contribution in [-0.2, 0) is 11.8 Å². The molecule has 24 heavy (non-hydrogen) atoms. The topological polar surface area (TPSA) is 109 Å². The van der Waals surface area contributed by atoms with E-state index in [2.05, 4.69) is 16.0 Å². The fourth-order valence-electron chi connectivity index (χ4n) is 2.16. The molecule has 1 aromatic carbocycles. The van der Waals surface area contributed by atoms with Gasteiger partial charge in [-0.25, -0.2) is 0 Å². The second-order valence-corrected chi connectivity index (χ2v) is 5.07. The van der Waals surface area contributed by atoms with Crippen molar-refractivity contribution in [1.82, 2.24) is 20.6 Å². The largest absolute Gasteiger partial charge is 0.482 e. The molecule has 0 aliphatic rings. The van der Waals surface area contributed by atoms with Crippen molar-refractivity contribution in [2.45, 2.75) is 13.8 Å². The summed E-state index contributed by atoms with van der Waals surface area (Å²) in [6.07, 6.45) is 0. The van der Waals surface area contributed by atoms with Gasteiger partial charge in [-0.3, -0.25) is 25.1 Å². The van der Waals surface area contributed by atoms with Crippen molar-refractivity contribution in [2.75, 3.05) is 6.61 Å². The fraction of sp³-hybridized carbons (Fsp3) is 0.250. The van der Waals surface area contributed by atoms with Crippen molar-refractivity contribution in [1.29, 1.82) is 5.26 Å². The molecule has 2 rings (SSSR count). The highest BCUT2D eigenvalue weighted by atomic mass is 16.5. The molecule has 0 aliphatic carbocycles. The summed E-state index contributed by atoms with van der Waals surface area (Å²) in [6, 6.07) is 8.54. The SMILES string of the molecule is Cc1nn(C)c(C)c1C(=O)NNC(=O)COc1ccccc1C#N. The van der Waals surface area contributed by atoms with Crippen molar-refractivity contribution in [3.05, 3.63) is 46.8 Å². The second kappa shape index (κ2) is 7.28. The van der Waals surface area contributed by atoms with Gasteiger partial charge in [-0.1, -0.05) is 12.1 Å². The van der Waals surface area contributed by atoms with Crippen LogP contribution in [0.25, 0.3) is 0 Å². The van der Waals surface area contributed by atoms with Crippen LogP contribution in [0.2, 0.25) is 0 Å². The first-order chi connectivity index (χ1) is 11.4. The number of hydrogen-bond donors (Lipinski definition) is 2. The Morgan fingerprint density at radius 2 is 2.00 bits per heavy atom. The maximum Gasteiger partial charge on any atom is 0.276 e. The Labute approximate surface area is 139 Å². The summed E-state index contributed by atoms with van der Waals surface area (Å²) in [5.41, 5.74) is 6.59. The number of nitrogens with one attached hydrogen (secondary N) is 2. The van der Waals surface area contributed by atoms with E-state index >= 15 is 0 Å². The summed E-state index contributed by atoms with van der Waals surface area (Å²) in [5, 5.41) is 13.1. The first-order valence-corrected chi connectivity index (χ1v) is 7.15. The molecular weight excluding hydrogens is 310 g/mol. The Kier molecular flexibility index (Phi) is 5.16. The normalized spacial score (nSPS) is 9.92. The van der Waals surface area contributed by atoms with Crippen LogP contribution in [0.4, 0.5) is 0 Å². The molecule has 0 radical (unpaired) electrons. The summed E-state index contributed by atoms with van der Waals surface area (Å²) in [6.45, 7) is 3.15. The molecule has 0 saturated carbocycles. The smallest absolute Gasteiger partial charge is 0.276 e. The van der Waals surface area contributed by atoms with Gasteiger partial charge >= 0.3 is 0 Å². The number of rotatable bonds is 4. The Balaban J connectivity index is 1.89. The Morgan fingerprint density at radius 3 is 2.62 bits per heavy atom. The lowest BCUT2D eigenvalue weighted by Crippen LogP contribution is -2.44. The average Bonchev–Trinajstić information content (AvgIpc) is 2.83. The van der Waals surface area contributed by atoms with E-state index in [-0.39, 0.29) is 6.61 Å². The third-order valence-electron chi connectivity index (χ3n) is 3.42. The summed E-state index contributed by atoms with van der Waals surface area (Å²) >= 11 is 0. The van der Waals surface area contributed by atoms with E-state index in [1.54, 1.807) is 49.8 Å². The maximum absolute atomic E-state index is 12.1. The van der Waals surface area contributed by atoms with Crippen molar-refractivity contribution in [3.63, 3.8) is 0 Å². The number of para-hydroxylation sites is 1. The lowest BCUT2D eigenvalue weighted by Gasteiger charge is -2.09. The molecule has 0 spiro atoms. The highest BCUT2D eigenvalue weighted by Gasteiger charge is 2.17. The lowest BCUT2D eigenvalue weighted by molar-refractivity contribution is -0.123. The zero-order valence-electron chi connectivity index (χ0n) is 13.6. The minimum Gasteiger partial charge on any atom is -0.482 e. The molecule has 2 aromatic rings. The molecule has 0 aliphatic heterocycles.